The van der Waals surface area contributed by atoms with Crippen LogP contribution in [-0.2, 0) is 0 Å². The molecule has 2 aromatic heterocycles. The molecule has 0 aliphatic carbocycles. The highest BCUT2D eigenvalue weighted by molar-refractivity contribution is 6.05. The van der Waals surface area contributed by atoms with Crippen molar-refractivity contribution in [2.24, 2.45) is 0 Å². The standard InChI is InChI=1S/C12H10N4O2/c1-7-10(6-14-18-7)12(17)15-9-2-3-11-8(4-9)5-13-16-11/h2-6H,1H3,(H,13,16)(H,15,17). The van der Waals surface area contributed by atoms with Crippen LogP contribution in [0.5, 0.6) is 0 Å². The normalized spacial score (nSPS) is 10.7. The number of nitrogens with one attached hydrogen (secondary N) is 2. The Morgan fingerprint density at radius 2 is 2.28 bits per heavy atom. The van der Waals surface area contributed by atoms with Gasteiger partial charge in [-0.05, 0) is 25.1 Å². The molecule has 0 atom stereocenters. The van der Waals surface area contributed by atoms with Gasteiger partial charge in [0.05, 0.1) is 17.9 Å². The zero-order chi connectivity index (χ0) is 12.5. The molecule has 3 aromatic rings. The number of nitrogens with zero attached hydrogens (tertiary/aromatic N) is 2. The van der Waals surface area contributed by atoms with E-state index in [4.69, 9.17) is 4.52 Å². The molecule has 18 heavy (non-hydrogen) atoms. The highest BCUT2D eigenvalue weighted by Gasteiger charge is 2.13. The first-order valence-electron chi connectivity index (χ1n) is 5.40. The van der Waals surface area contributed by atoms with Gasteiger partial charge in [0, 0.05) is 11.1 Å². The van der Waals surface area contributed by atoms with Crippen molar-refractivity contribution in [2.75, 3.05) is 5.32 Å². The van der Waals surface area contributed by atoms with Gasteiger partial charge in [0.1, 0.15) is 11.3 Å². The predicted octanol–water partition coefficient (Wildman–Crippen LogP) is 2.11. The highest BCUT2D eigenvalue weighted by Crippen LogP contribution is 2.18. The monoisotopic (exact) mass is 242 g/mol. The first-order chi connectivity index (χ1) is 8.74. The number of carbonyl (C=O) groups excluding carboxylic acids is 1. The summed E-state index contributed by atoms with van der Waals surface area (Å²) in [6.45, 7) is 1.70. The summed E-state index contributed by atoms with van der Waals surface area (Å²) in [7, 11) is 0. The zero-order valence-electron chi connectivity index (χ0n) is 9.60. The van der Waals surface area contributed by atoms with Crippen molar-refractivity contribution in [3.8, 4) is 0 Å². The molecular formula is C12H10N4O2. The summed E-state index contributed by atoms with van der Waals surface area (Å²) >= 11 is 0. The summed E-state index contributed by atoms with van der Waals surface area (Å²) < 4.78 is 4.86. The van der Waals surface area contributed by atoms with E-state index >= 15 is 0 Å². The Morgan fingerprint density at radius 3 is 3.06 bits per heavy atom. The lowest BCUT2D eigenvalue weighted by molar-refractivity contribution is 0.102. The molecule has 0 fully saturated rings. The lowest BCUT2D eigenvalue weighted by Crippen LogP contribution is -2.11. The number of benzene rings is 1. The van der Waals surface area contributed by atoms with Crippen LogP contribution >= 0.6 is 0 Å². The molecule has 2 heterocycles. The zero-order valence-corrected chi connectivity index (χ0v) is 9.60. The minimum Gasteiger partial charge on any atom is -0.361 e. The molecule has 90 valence electrons. The molecule has 0 aliphatic heterocycles. The van der Waals surface area contributed by atoms with E-state index in [-0.39, 0.29) is 5.91 Å². The summed E-state index contributed by atoms with van der Waals surface area (Å²) in [6.07, 6.45) is 3.11. The Hall–Kier alpha value is -2.63. The Labute approximate surface area is 102 Å². The van der Waals surface area contributed by atoms with Gasteiger partial charge in [-0.3, -0.25) is 9.89 Å². The Bertz CT molecular complexity index is 714. The lowest BCUT2D eigenvalue weighted by atomic mass is 10.2. The maximum absolute atomic E-state index is 11.9. The van der Waals surface area contributed by atoms with Crippen molar-refractivity contribution >= 4 is 22.5 Å². The average molecular weight is 242 g/mol. The molecule has 0 saturated carbocycles. The van der Waals surface area contributed by atoms with E-state index in [9.17, 15) is 4.79 Å². The third kappa shape index (κ3) is 1.73. The van der Waals surface area contributed by atoms with E-state index in [0.29, 0.717) is 17.0 Å². The Balaban J connectivity index is 1.88. The van der Waals surface area contributed by atoms with E-state index in [2.05, 4.69) is 20.7 Å². The minimum absolute atomic E-state index is 0.239. The van der Waals surface area contributed by atoms with Crippen molar-refractivity contribution in [1.82, 2.24) is 15.4 Å². The maximum Gasteiger partial charge on any atom is 0.260 e. The van der Waals surface area contributed by atoms with Gasteiger partial charge in [0.25, 0.3) is 5.91 Å². The van der Waals surface area contributed by atoms with E-state index in [1.165, 1.54) is 6.20 Å². The van der Waals surface area contributed by atoms with Gasteiger partial charge in [0.2, 0.25) is 0 Å². The molecule has 1 amide bonds. The largest absolute Gasteiger partial charge is 0.361 e. The van der Waals surface area contributed by atoms with Crippen LogP contribution in [0.15, 0.2) is 35.1 Å². The molecule has 1 aromatic carbocycles. The van der Waals surface area contributed by atoms with Gasteiger partial charge >= 0.3 is 0 Å². The van der Waals surface area contributed by atoms with Gasteiger partial charge in [-0.25, -0.2) is 0 Å². The van der Waals surface area contributed by atoms with E-state index in [1.54, 1.807) is 19.2 Å². The summed E-state index contributed by atoms with van der Waals surface area (Å²) in [5.41, 5.74) is 2.06. The topological polar surface area (TPSA) is 83.8 Å². The molecule has 0 unspecified atom stereocenters. The predicted molar refractivity (Wildman–Crippen MR) is 65.3 cm³/mol. The van der Waals surface area contributed by atoms with Gasteiger partial charge in [-0.15, -0.1) is 0 Å². The average Bonchev–Trinajstić information content (AvgIpc) is 2.96. The second kappa shape index (κ2) is 3.99. The van der Waals surface area contributed by atoms with Crippen molar-refractivity contribution in [2.45, 2.75) is 6.92 Å². The quantitative estimate of drug-likeness (QED) is 0.720. The van der Waals surface area contributed by atoms with Crippen LogP contribution in [0.1, 0.15) is 16.1 Å². The van der Waals surface area contributed by atoms with E-state index in [1.807, 2.05) is 12.1 Å². The molecular weight excluding hydrogens is 232 g/mol. The molecule has 0 aliphatic rings. The van der Waals surface area contributed by atoms with Crippen LogP contribution in [0.4, 0.5) is 5.69 Å². The van der Waals surface area contributed by atoms with Gasteiger partial charge < -0.3 is 9.84 Å². The molecule has 3 rings (SSSR count). The molecule has 6 nitrogen and oxygen atoms in total. The van der Waals surface area contributed by atoms with Crippen molar-refractivity contribution in [3.63, 3.8) is 0 Å². The van der Waals surface area contributed by atoms with Crippen molar-refractivity contribution in [3.05, 3.63) is 41.9 Å². The van der Waals surface area contributed by atoms with Crippen molar-refractivity contribution in [1.29, 1.82) is 0 Å². The first-order valence-corrected chi connectivity index (χ1v) is 5.40. The molecule has 2 N–H and O–H groups in total. The fraction of sp³-hybridized carbons (Fsp3) is 0.0833. The molecule has 0 saturated heterocycles. The van der Waals surface area contributed by atoms with E-state index < -0.39 is 0 Å². The lowest BCUT2D eigenvalue weighted by Gasteiger charge is -2.03. The number of carbonyl (C=O) groups is 1. The van der Waals surface area contributed by atoms with Gasteiger partial charge in [-0.2, -0.15) is 5.10 Å². The highest BCUT2D eigenvalue weighted by atomic mass is 16.5. The van der Waals surface area contributed by atoms with Gasteiger partial charge in [-0.1, -0.05) is 5.16 Å². The van der Waals surface area contributed by atoms with Crippen LogP contribution < -0.4 is 5.32 Å². The molecule has 0 bridgehead atoms. The minimum atomic E-state index is -0.239. The number of hydrogen-bond acceptors (Lipinski definition) is 4. The number of aromatic amines is 1. The van der Waals surface area contributed by atoms with Crippen LogP contribution in [0.25, 0.3) is 10.9 Å². The number of amides is 1. The number of fused-ring (bicyclic) bond motifs is 1. The number of anilines is 1. The SMILES string of the molecule is Cc1oncc1C(=O)Nc1ccc2[nH]ncc2c1. The summed E-state index contributed by atoms with van der Waals surface area (Å²) in [5, 5.41) is 14.1. The third-order valence-electron chi connectivity index (χ3n) is 2.69. The summed E-state index contributed by atoms with van der Waals surface area (Å²) in [4.78, 5) is 11.9. The summed E-state index contributed by atoms with van der Waals surface area (Å²) in [5.74, 6) is 0.258. The number of rotatable bonds is 2. The second-order valence-electron chi connectivity index (χ2n) is 3.92. The first kappa shape index (κ1) is 10.5. The van der Waals surface area contributed by atoms with Crippen LogP contribution in [0.3, 0.4) is 0 Å². The van der Waals surface area contributed by atoms with E-state index in [0.717, 1.165) is 10.9 Å². The number of hydrogen-bond donors (Lipinski definition) is 2. The third-order valence-corrected chi connectivity index (χ3v) is 2.69. The molecule has 6 heteroatoms. The Kier molecular flexibility index (Phi) is 2.33. The van der Waals surface area contributed by atoms with Crippen molar-refractivity contribution < 1.29 is 9.32 Å². The fourth-order valence-electron chi connectivity index (χ4n) is 1.74. The number of aromatic nitrogens is 3. The number of aryl methyl sites for hydroxylation is 1. The smallest absolute Gasteiger partial charge is 0.260 e. The molecule has 0 spiro atoms. The van der Waals surface area contributed by atoms with Crippen LogP contribution in [0.2, 0.25) is 0 Å². The molecule has 0 radical (unpaired) electrons. The van der Waals surface area contributed by atoms with Crippen LogP contribution in [-0.4, -0.2) is 21.3 Å². The number of H-pyrrole nitrogens is 1. The van der Waals surface area contributed by atoms with Crippen LogP contribution in [0, 0.1) is 6.92 Å². The fourth-order valence-corrected chi connectivity index (χ4v) is 1.74. The van der Waals surface area contributed by atoms with Gasteiger partial charge in [0.15, 0.2) is 0 Å². The second-order valence-corrected chi connectivity index (χ2v) is 3.92. The Morgan fingerprint density at radius 1 is 1.39 bits per heavy atom. The summed E-state index contributed by atoms with van der Waals surface area (Å²) in [6, 6.07) is 5.51. The maximum atomic E-state index is 11.9.